The smallest absolute Gasteiger partial charge is 0.338 e. The summed E-state index contributed by atoms with van der Waals surface area (Å²) in [5, 5.41) is 5.60. The van der Waals surface area contributed by atoms with Crippen LogP contribution in [0.3, 0.4) is 0 Å². The van der Waals surface area contributed by atoms with E-state index >= 15 is 0 Å². The molecule has 1 aromatic carbocycles. The number of allylic oxidation sites excluding steroid dienone is 1. The van der Waals surface area contributed by atoms with Gasteiger partial charge < -0.3 is 15.4 Å². The summed E-state index contributed by atoms with van der Waals surface area (Å²) >= 11 is 3.39. The number of hydrogen-bond acceptors (Lipinski definition) is 3. The Morgan fingerprint density at radius 3 is 2.57 bits per heavy atom. The first-order valence-corrected chi connectivity index (χ1v) is 8.59. The number of unbranched alkanes of at least 4 members (excludes halogenated alkanes) is 1. The Bertz CT molecular complexity index is 611. The van der Waals surface area contributed by atoms with Crippen molar-refractivity contribution in [3.05, 3.63) is 45.6 Å². The van der Waals surface area contributed by atoms with Crippen molar-refractivity contribution in [2.45, 2.75) is 39.2 Å². The van der Waals surface area contributed by atoms with Gasteiger partial charge in [0.05, 0.1) is 18.2 Å². The summed E-state index contributed by atoms with van der Waals surface area (Å²) in [4.78, 5) is 24.4. The highest BCUT2D eigenvalue weighted by atomic mass is 79.9. The van der Waals surface area contributed by atoms with Gasteiger partial charge in [0.25, 0.3) is 0 Å². The second kappa shape index (κ2) is 8.15. The standard InChI is InChI=1S/C17H21BrN2O3/c1-3-5-6-13-14(16(21)23-4-2)15(20-17(22)19-13)11-7-9-12(18)10-8-11/h7-10,15H,3-6H2,1-2H3,(H2,19,20,22). The number of nitrogens with one attached hydrogen (secondary N) is 2. The molecule has 0 fully saturated rings. The fourth-order valence-electron chi connectivity index (χ4n) is 2.52. The van der Waals surface area contributed by atoms with Crippen molar-refractivity contribution in [3.63, 3.8) is 0 Å². The summed E-state index contributed by atoms with van der Waals surface area (Å²) in [7, 11) is 0. The Kier molecular flexibility index (Phi) is 6.21. The minimum absolute atomic E-state index is 0.294. The Balaban J connectivity index is 2.44. The van der Waals surface area contributed by atoms with Gasteiger partial charge in [-0.1, -0.05) is 41.4 Å². The molecule has 1 atom stereocenters. The van der Waals surface area contributed by atoms with Gasteiger partial charge in [-0.3, -0.25) is 0 Å². The zero-order chi connectivity index (χ0) is 16.8. The van der Waals surface area contributed by atoms with E-state index in [2.05, 4.69) is 33.5 Å². The normalized spacial score (nSPS) is 17.5. The van der Waals surface area contributed by atoms with Gasteiger partial charge in [-0.2, -0.15) is 0 Å². The van der Waals surface area contributed by atoms with Crippen LogP contribution in [-0.2, 0) is 9.53 Å². The van der Waals surface area contributed by atoms with Crippen molar-refractivity contribution >= 4 is 27.9 Å². The van der Waals surface area contributed by atoms with Crippen molar-refractivity contribution in [1.29, 1.82) is 0 Å². The second-order valence-corrected chi connectivity index (χ2v) is 6.21. The van der Waals surface area contributed by atoms with Gasteiger partial charge in [-0.05, 0) is 37.5 Å². The maximum atomic E-state index is 12.4. The summed E-state index contributed by atoms with van der Waals surface area (Å²) in [6.45, 7) is 4.14. The van der Waals surface area contributed by atoms with Gasteiger partial charge in [0.2, 0.25) is 0 Å². The zero-order valence-corrected chi connectivity index (χ0v) is 14.9. The average molecular weight is 381 g/mol. The Morgan fingerprint density at radius 2 is 1.96 bits per heavy atom. The molecule has 0 spiro atoms. The molecule has 1 unspecified atom stereocenters. The van der Waals surface area contributed by atoms with E-state index in [1.165, 1.54) is 0 Å². The van der Waals surface area contributed by atoms with Gasteiger partial charge in [-0.15, -0.1) is 0 Å². The highest BCUT2D eigenvalue weighted by Gasteiger charge is 2.33. The number of rotatable bonds is 6. The SMILES string of the molecule is CCCCC1=C(C(=O)OCC)C(c2ccc(Br)cc2)NC(=O)N1. The number of hydrogen-bond donors (Lipinski definition) is 2. The van der Waals surface area contributed by atoms with Crippen molar-refractivity contribution < 1.29 is 14.3 Å². The molecule has 0 radical (unpaired) electrons. The van der Waals surface area contributed by atoms with Gasteiger partial charge in [0, 0.05) is 10.2 Å². The molecular formula is C17H21BrN2O3. The third-order valence-corrected chi connectivity index (χ3v) is 4.16. The summed E-state index contributed by atoms with van der Waals surface area (Å²) in [5.74, 6) is -0.390. The van der Waals surface area contributed by atoms with E-state index in [4.69, 9.17) is 4.74 Å². The lowest BCUT2D eigenvalue weighted by Crippen LogP contribution is -2.46. The highest BCUT2D eigenvalue weighted by Crippen LogP contribution is 2.30. The molecule has 6 heteroatoms. The maximum Gasteiger partial charge on any atom is 0.338 e. The van der Waals surface area contributed by atoms with Crippen LogP contribution in [0.4, 0.5) is 4.79 Å². The zero-order valence-electron chi connectivity index (χ0n) is 13.3. The molecule has 1 aliphatic rings. The summed E-state index contributed by atoms with van der Waals surface area (Å²) in [6, 6.07) is 6.75. The Morgan fingerprint density at radius 1 is 1.26 bits per heavy atom. The number of amides is 2. The maximum absolute atomic E-state index is 12.4. The number of carbonyl (C=O) groups excluding carboxylic acids is 2. The number of benzene rings is 1. The number of urea groups is 1. The fraction of sp³-hybridized carbons (Fsp3) is 0.412. The van der Waals surface area contributed by atoms with Crippen LogP contribution in [-0.4, -0.2) is 18.6 Å². The number of ether oxygens (including phenoxy) is 1. The summed E-state index contributed by atoms with van der Waals surface area (Å²) in [5.41, 5.74) is 1.99. The Labute approximate surface area is 144 Å². The molecular weight excluding hydrogens is 360 g/mol. The molecule has 0 saturated heterocycles. The average Bonchev–Trinajstić information content (AvgIpc) is 2.53. The predicted octanol–water partition coefficient (Wildman–Crippen LogP) is 3.81. The first kappa shape index (κ1) is 17.5. The molecule has 1 aromatic rings. The summed E-state index contributed by atoms with van der Waals surface area (Å²) in [6.07, 6.45) is 2.52. The van der Waals surface area contributed by atoms with Crippen LogP contribution < -0.4 is 10.6 Å². The molecule has 2 rings (SSSR count). The third kappa shape index (κ3) is 4.34. The molecule has 124 valence electrons. The topological polar surface area (TPSA) is 67.4 Å². The van der Waals surface area contributed by atoms with E-state index in [0.717, 1.165) is 22.9 Å². The molecule has 1 aliphatic heterocycles. The lowest BCUT2D eigenvalue weighted by molar-refractivity contribution is -0.139. The minimum atomic E-state index is -0.497. The molecule has 2 N–H and O–H groups in total. The van der Waals surface area contributed by atoms with Gasteiger partial charge in [0.15, 0.2) is 0 Å². The molecule has 5 nitrogen and oxygen atoms in total. The third-order valence-electron chi connectivity index (χ3n) is 3.63. The van der Waals surface area contributed by atoms with Crippen LogP contribution in [0.5, 0.6) is 0 Å². The predicted molar refractivity (Wildman–Crippen MR) is 91.7 cm³/mol. The number of halogens is 1. The van der Waals surface area contributed by atoms with E-state index in [1.54, 1.807) is 6.92 Å². The largest absolute Gasteiger partial charge is 0.463 e. The van der Waals surface area contributed by atoms with Gasteiger partial charge in [-0.25, -0.2) is 9.59 Å². The fourth-order valence-corrected chi connectivity index (χ4v) is 2.79. The molecule has 1 heterocycles. The Hall–Kier alpha value is -1.82. The van der Waals surface area contributed by atoms with Crippen LogP contribution in [0.2, 0.25) is 0 Å². The number of esters is 1. The first-order chi connectivity index (χ1) is 11.1. The van der Waals surface area contributed by atoms with Crippen molar-refractivity contribution in [2.24, 2.45) is 0 Å². The molecule has 0 bridgehead atoms. The second-order valence-electron chi connectivity index (χ2n) is 5.30. The van der Waals surface area contributed by atoms with Crippen LogP contribution in [0.25, 0.3) is 0 Å². The van der Waals surface area contributed by atoms with E-state index in [1.807, 2.05) is 24.3 Å². The van der Waals surface area contributed by atoms with Crippen molar-refractivity contribution in [2.75, 3.05) is 6.61 Å². The molecule has 0 aliphatic carbocycles. The van der Waals surface area contributed by atoms with E-state index in [-0.39, 0.29) is 12.0 Å². The monoisotopic (exact) mass is 380 g/mol. The lowest BCUT2D eigenvalue weighted by atomic mass is 9.93. The van der Waals surface area contributed by atoms with E-state index in [0.29, 0.717) is 24.3 Å². The molecule has 2 amide bonds. The van der Waals surface area contributed by atoms with Crippen LogP contribution >= 0.6 is 15.9 Å². The lowest BCUT2D eigenvalue weighted by Gasteiger charge is -2.29. The minimum Gasteiger partial charge on any atom is -0.463 e. The molecule has 23 heavy (non-hydrogen) atoms. The summed E-state index contributed by atoms with van der Waals surface area (Å²) < 4.78 is 6.14. The number of carbonyl (C=O) groups is 2. The van der Waals surface area contributed by atoms with E-state index < -0.39 is 6.04 Å². The van der Waals surface area contributed by atoms with Crippen LogP contribution in [0.1, 0.15) is 44.7 Å². The van der Waals surface area contributed by atoms with E-state index in [9.17, 15) is 9.59 Å². The van der Waals surface area contributed by atoms with Crippen molar-refractivity contribution in [3.8, 4) is 0 Å². The highest BCUT2D eigenvalue weighted by molar-refractivity contribution is 9.10. The molecule has 0 aromatic heterocycles. The van der Waals surface area contributed by atoms with Crippen LogP contribution in [0.15, 0.2) is 40.0 Å². The van der Waals surface area contributed by atoms with Crippen molar-refractivity contribution in [1.82, 2.24) is 10.6 Å². The first-order valence-electron chi connectivity index (χ1n) is 7.80. The van der Waals surface area contributed by atoms with Gasteiger partial charge >= 0.3 is 12.0 Å². The quantitative estimate of drug-likeness (QED) is 0.737. The molecule has 0 saturated carbocycles. The van der Waals surface area contributed by atoms with Gasteiger partial charge in [0.1, 0.15) is 0 Å². The van der Waals surface area contributed by atoms with Crippen LogP contribution in [0, 0.1) is 0 Å².